The molecular formula is C15H24N2O3. The monoisotopic (exact) mass is 280 g/mol. The molecule has 1 aromatic rings. The fourth-order valence-electron chi connectivity index (χ4n) is 1.66. The highest BCUT2D eigenvalue weighted by Crippen LogP contribution is 2.24. The lowest BCUT2D eigenvalue weighted by Gasteiger charge is -2.18. The first-order chi connectivity index (χ1) is 9.45. The van der Waals surface area contributed by atoms with Crippen LogP contribution in [-0.4, -0.2) is 17.6 Å². The van der Waals surface area contributed by atoms with Crippen molar-refractivity contribution in [2.45, 2.75) is 46.8 Å². The largest absolute Gasteiger partial charge is 0.385 e. The Morgan fingerprint density at radius 1 is 1.35 bits per heavy atom. The van der Waals surface area contributed by atoms with Gasteiger partial charge in [-0.25, -0.2) is 0 Å². The van der Waals surface area contributed by atoms with Crippen molar-refractivity contribution in [2.24, 2.45) is 5.92 Å². The minimum Gasteiger partial charge on any atom is -0.385 e. The SMILES string of the molecule is CCCNc1ccc([N+](=O)[O-])cc1COC(C)C(C)C. The number of ether oxygens (including phenoxy) is 1. The molecule has 0 saturated heterocycles. The number of nitrogens with zero attached hydrogens (tertiary/aromatic N) is 1. The molecule has 112 valence electrons. The summed E-state index contributed by atoms with van der Waals surface area (Å²) in [5, 5.41) is 14.1. The van der Waals surface area contributed by atoms with Crippen LogP contribution in [-0.2, 0) is 11.3 Å². The second-order valence-electron chi connectivity index (χ2n) is 5.29. The maximum Gasteiger partial charge on any atom is 0.269 e. The van der Waals surface area contributed by atoms with Crippen LogP contribution in [0.2, 0.25) is 0 Å². The highest BCUT2D eigenvalue weighted by Gasteiger charge is 2.13. The van der Waals surface area contributed by atoms with Gasteiger partial charge >= 0.3 is 0 Å². The third kappa shape index (κ3) is 4.81. The number of hydrogen-bond acceptors (Lipinski definition) is 4. The molecule has 0 fully saturated rings. The van der Waals surface area contributed by atoms with Crippen molar-refractivity contribution >= 4 is 11.4 Å². The topological polar surface area (TPSA) is 64.4 Å². The van der Waals surface area contributed by atoms with E-state index >= 15 is 0 Å². The summed E-state index contributed by atoms with van der Waals surface area (Å²) in [5.41, 5.74) is 1.84. The first-order valence-electron chi connectivity index (χ1n) is 7.08. The Bertz CT molecular complexity index is 447. The molecule has 1 N–H and O–H groups in total. The quantitative estimate of drug-likeness (QED) is 0.578. The first kappa shape index (κ1) is 16.4. The second-order valence-corrected chi connectivity index (χ2v) is 5.29. The number of nitrogens with one attached hydrogen (secondary N) is 1. The molecule has 0 radical (unpaired) electrons. The first-order valence-corrected chi connectivity index (χ1v) is 7.08. The van der Waals surface area contributed by atoms with E-state index in [9.17, 15) is 10.1 Å². The van der Waals surface area contributed by atoms with E-state index in [1.165, 1.54) is 6.07 Å². The maximum atomic E-state index is 10.9. The smallest absolute Gasteiger partial charge is 0.269 e. The molecule has 20 heavy (non-hydrogen) atoms. The molecule has 1 aromatic carbocycles. The average Bonchev–Trinajstić information content (AvgIpc) is 2.42. The number of nitro benzene ring substituents is 1. The summed E-state index contributed by atoms with van der Waals surface area (Å²) in [6.45, 7) is 9.50. The standard InChI is InChI=1S/C15H24N2O3/c1-5-8-16-15-7-6-14(17(18)19)9-13(15)10-20-12(4)11(2)3/h6-7,9,11-12,16H,5,8,10H2,1-4H3. The van der Waals surface area contributed by atoms with Crippen molar-refractivity contribution in [1.82, 2.24) is 0 Å². The van der Waals surface area contributed by atoms with Crippen molar-refractivity contribution in [1.29, 1.82) is 0 Å². The highest BCUT2D eigenvalue weighted by molar-refractivity contribution is 5.55. The summed E-state index contributed by atoms with van der Waals surface area (Å²) in [6, 6.07) is 4.87. The van der Waals surface area contributed by atoms with Crippen molar-refractivity contribution in [3.63, 3.8) is 0 Å². The van der Waals surface area contributed by atoms with E-state index in [1.807, 2.05) is 6.92 Å². The molecule has 5 heteroatoms. The van der Waals surface area contributed by atoms with Gasteiger partial charge in [-0.2, -0.15) is 0 Å². The molecule has 0 aliphatic carbocycles. The predicted octanol–water partition coefficient (Wildman–Crippen LogP) is 3.98. The minimum atomic E-state index is -0.376. The summed E-state index contributed by atoms with van der Waals surface area (Å²) in [6.07, 6.45) is 1.12. The fourth-order valence-corrected chi connectivity index (χ4v) is 1.66. The van der Waals surface area contributed by atoms with E-state index in [-0.39, 0.29) is 16.7 Å². The molecule has 0 bridgehead atoms. The summed E-state index contributed by atoms with van der Waals surface area (Å²) in [5.74, 6) is 0.417. The van der Waals surface area contributed by atoms with Crippen LogP contribution in [0.1, 0.15) is 39.7 Å². The lowest BCUT2D eigenvalue weighted by molar-refractivity contribution is -0.384. The Hall–Kier alpha value is -1.62. The van der Waals surface area contributed by atoms with Gasteiger partial charge in [-0.3, -0.25) is 10.1 Å². The van der Waals surface area contributed by atoms with Crippen molar-refractivity contribution in [2.75, 3.05) is 11.9 Å². The third-order valence-corrected chi connectivity index (χ3v) is 3.31. The van der Waals surface area contributed by atoms with Crippen LogP contribution in [0, 0.1) is 16.0 Å². The molecule has 0 aliphatic heterocycles. The Morgan fingerprint density at radius 3 is 2.60 bits per heavy atom. The normalized spacial score (nSPS) is 12.4. The minimum absolute atomic E-state index is 0.0999. The van der Waals surface area contributed by atoms with Gasteiger partial charge in [-0.1, -0.05) is 20.8 Å². The lowest BCUT2D eigenvalue weighted by Crippen LogP contribution is -2.16. The van der Waals surface area contributed by atoms with Gasteiger partial charge in [-0.05, 0) is 25.3 Å². The Morgan fingerprint density at radius 2 is 2.05 bits per heavy atom. The van der Waals surface area contributed by atoms with E-state index in [2.05, 4.69) is 26.1 Å². The molecular weight excluding hydrogens is 256 g/mol. The molecule has 1 atom stereocenters. The van der Waals surface area contributed by atoms with Crippen molar-refractivity contribution in [3.05, 3.63) is 33.9 Å². The molecule has 0 saturated carbocycles. The number of hydrogen-bond donors (Lipinski definition) is 1. The van der Waals surface area contributed by atoms with Gasteiger partial charge in [0.2, 0.25) is 0 Å². The number of anilines is 1. The van der Waals surface area contributed by atoms with Gasteiger partial charge < -0.3 is 10.1 Å². The Kier molecular flexibility index (Phi) is 6.45. The van der Waals surface area contributed by atoms with Gasteiger partial charge in [0.05, 0.1) is 17.6 Å². The van der Waals surface area contributed by atoms with E-state index < -0.39 is 0 Å². The molecule has 0 spiro atoms. The molecule has 1 rings (SSSR count). The number of benzene rings is 1. The van der Waals surface area contributed by atoms with Gasteiger partial charge in [0.25, 0.3) is 5.69 Å². The van der Waals surface area contributed by atoms with Crippen LogP contribution in [0.25, 0.3) is 0 Å². The average molecular weight is 280 g/mol. The number of non-ortho nitro benzene ring substituents is 1. The zero-order valence-electron chi connectivity index (χ0n) is 12.7. The van der Waals surface area contributed by atoms with Crippen LogP contribution in [0.4, 0.5) is 11.4 Å². The number of rotatable bonds is 8. The Balaban J connectivity index is 2.87. The molecule has 1 unspecified atom stereocenters. The maximum absolute atomic E-state index is 10.9. The highest BCUT2D eigenvalue weighted by atomic mass is 16.6. The van der Waals surface area contributed by atoms with Crippen LogP contribution < -0.4 is 5.32 Å². The van der Waals surface area contributed by atoms with Gasteiger partial charge in [0, 0.05) is 29.9 Å². The zero-order valence-corrected chi connectivity index (χ0v) is 12.7. The Labute approximate surface area is 120 Å². The van der Waals surface area contributed by atoms with Crippen molar-refractivity contribution < 1.29 is 9.66 Å². The predicted molar refractivity (Wildman–Crippen MR) is 81.0 cm³/mol. The van der Waals surface area contributed by atoms with Gasteiger partial charge in [-0.15, -0.1) is 0 Å². The second kappa shape index (κ2) is 7.85. The zero-order chi connectivity index (χ0) is 15.1. The third-order valence-electron chi connectivity index (χ3n) is 3.31. The molecule has 5 nitrogen and oxygen atoms in total. The van der Waals surface area contributed by atoms with Crippen LogP contribution in [0.3, 0.4) is 0 Å². The van der Waals surface area contributed by atoms with Crippen LogP contribution in [0.5, 0.6) is 0 Å². The molecule has 0 heterocycles. The van der Waals surface area contributed by atoms with Crippen LogP contribution in [0.15, 0.2) is 18.2 Å². The van der Waals surface area contributed by atoms with E-state index in [0.29, 0.717) is 12.5 Å². The molecule has 0 aromatic heterocycles. The lowest BCUT2D eigenvalue weighted by atomic mass is 10.1. The number of nitro groups is 1. The van der Waals surface area contributed by atoms with Gasteiger partial charge in [0.15, 0.2) is 0 Å². The van der Waals surface area contributed by atoms with E-state index in [4.69, 9.17) is 4.74 Å². The molecule has 0 amide bonds. The fraction of sp³-hybridized carbons (Fsp3) is 0.600. The molecule has 0 aliphatic rings. The summed E-state index contributed by atoms with van der Waals surface area (Å²) in [4.78, 5) is 10.5. The van der Waals surface area contributed by atoms with Crippen molar-refractivity contribution in [3.8, 4) is 0 Å². The summed E-state index contributed by atoms with van der Waals surface area (Å²) in [7, 11) is 0. The summed E-state index contributed by atoms with van der Waals surface area (Å²) >= 11 is 0. The van der Waals surface area contributed by atoms with Gasteiger partial charge in [0.1, 0.15) is 0 Å². The van der Waals surface area contributed by atoms with E-state index in [1.54, 1.807) is 12.1 Å². The van der Waals surface area contributed by atoms with E-state index in [0.717, 1.165) is 24.2 Å². The van der Waals surface area contributed by atoms with Crippen LogP contribution >= 0.6 is 0 Å². The summed E-state index contributed by atoms with van der Waals surface area (Å²) < 4.78 is 5.78.